The number of aromatic nitrogens is 2. The van der Waals surface area contributed by atoms with E-state index < -0.39 is 0 Å². The van der Waals surface area contributed by atoms with E-state index in [0.717, 1.165) is 11.4 Å². The summed E-state index contributed by atoms with van der Waals surface area (Å²) in [7, 11) is 0. The van der Waals surface area contributed by atoms with Gasteiger partial charge in [0.05, 0.1) is 11.4 Å². The Morgan fingerprint density at radius 2 is 2.19 bits per heavy atom. The van der Waals surface area contributed by atoms with Gasteiger partial charge in [-0.15, -0.1) is 0 Å². The molecule has 0 bridgehead atoms. The zero-order valence-electron chi connectivity index (χ0n) is 11.8. The number of fused-ring (bicyclic) bond motifs is 1. The predicted octanol–water partition coefficient (Wildman–Crippen LogP) is 1.16. The number of aryl methyl sites for hydroxylation is 2. The standard InChI is InChI=1S/C14H15N5O2/c1-8-9(2)19-7-3-4-10(13(19)15-8)16-14(21)11-5-6-12(20)18-17-11/h3-4,7H,5-6H2,1-2H3,(H,16,21)(H,18,20). The molecule has 0 aromatic carbocycles. The van der Waals surface area contributed by atoms with Crippen LogP contribution < -0.4 is 10.7 Å². The summed E-state index contributed by atoms with van der Waals surface area (Å²) in [4.78, 5) is 27.7. The van der Waals surface area contributed by atoms with Crippen molar-refractivity contribution in [3.05, 3.63) is 29.7 Å². The molecule has 2 aromatic rings. The number of carbonyl (C=O) groups excluding carboxylic acids is 2. The number of hydrazone groups is 1. The van der Waals surface area contributed by atoms with Gasteiger partial charge in [0.2, 0.25) is 5.91 Å². The lowest BCUT2D eigenvalue weighted by Gasteiger charge is -2.12. The number of hydrogen-bond donors (Lipinski definition) is 2. The van der Waals surface area contributed by atoms with Gasteiger partial charge in [-0.2, -0.15) is 5.10 Å². The van der Waals surface area contributed by atoms with E-state index in [-0.39, 0.29) is 18.2 Å². The van der Waals surface area contributed by atoms with E-state index in [2.05, 4.69) is 20.8 Å². The van der Waals surface area contributed by atoms with Gasteiger partial charge in [-0.1, -0.05) is 0 Å². The van der Waals surface area contributed by atoms with Crippen molar-refractivity contribution in [2.45, 2.75) is 26.7 Å². The lowest BCUT2D eigenvalue weighted by atomic mass is 10.1. The maximum absolute atomic E-state index is 12.2. The van der Waals surface area contributed by atoms with Crippen LogP contribution in [-0.2, 0) is 9.59 Å². The normalized spacial score (nSPS) is 14.8. The monoisotopic (exact) mass is 285 g/mol. The van der Waals surface area contributed by atoms with Gasteiger partial charge in [0, 0.05) is 24.7 Å². The van der Waals surface area contributed by atoms with Crippen LogP contribution in [0.15, 0.2) is 23.4 Å². The van der Waals surface area contributed by atoms with Crippen molar-refractivity contribution in [2.75, 3.05) is 5.32 Å². The zero-order valence-corrected chi connectivity index (χ0v) is 11.8. The minimum atomic E-state index is -0.318. The van der Waals surface area contributed by atoms with E-state index in [9.17, 15) is 9.59 Å². The number of nitrogens with one attached hydrogen (secondary N) is 2. The molecule has 0 saturated heterocycles. The molecule has 2 aromatic heterocycles. The molecule has 21 heavy (non-hydrogen) atoms. The van der Waals surface area contributed by atoms with Crippen LogP contribution >= 0.6 is 0 Å². The van der Waals surface area contributed by atoms with Crippen molar-refractivity contribution in [1.29, 1.82) is 0 Å². The van der Waals surface area contributed by atoms with Gasteiger partial charge in [-0.3, -0.25) is 9.59 Å². The summed E-state index contributed by atoms with van der Waals surface area (Å²) in [5.41, 5.74) is 5.90. The molecule has 1 aliphatic rings. The van der Waals surface area contributed by atoms with E-state index in [0.29, 0.717) is 23.5 Å². The molecule has 2 N–H and O–H groups in total. The third-order valence-electron chi connectivity index (χ3n) is 3.54. The molecule has 0 atom stereocenters. The number of hydrogen-bond acceptors (Lipinski definition) is 4. The maximum atomic E-state index is 12.2. The first-order valence-electron chi connectivity index (χ1n) is 6.67. The predicted molar refractivity (Wildman–Crippen MR) is 78.1 cm³/mol. The molecule has 0 aliphatic carbocycles. The Bertz CT molecular complexity index is 775. The van der Waals surface area contributed by atoms with Gasteiger partial charge < -0.3 is 9.72 Å². The lowest BCUT2D eigenvalue weighted by Crippen LogP contribution is -2.32. The number of pyridine rings is 1. The van der Waals surface area contributed by atoms with E-state index in [1.54, 1.807) is 6.07 Å². The summed E-state index contributed by atoms with van der Waals surface area (Å²) >= 11 is 0. The molecule has 1 aliphatic heterocycles. The van der Waals surface area contributed by atoms with E-state index in [1.807, 2.05) is 30.5 Å². The number of rotatable bonds is 2. The van der Waals surface area contributed by atoms with E-state index >= 15 is 0 Å². The SMILES string of the molecule is Cc1nc2c(NC(=O)C3=NNC(=O)CC3)cccn2c1C. The molecule has 108 valence electrons. The Morgan fingerprint density at radius 1 is 1.38 bits per heavy atom. The number of carbonyl (C=O) groups is 2. The van der Waals surface area contributed by atoms with E-state index in [1.165, 1.54) is 0 Å². The van der Waals surface area contributed by atoms with Crippen LogP contribution in [-0.4, -0.2) is 26.9 Å². The maximum Gasteiger partial charge on any atom is 0.271 e. The highest BCUT2D eigenvalue weighted by Crippen LogP contribution is 2.19. The van der Waals surface area contributed by atoms with Crippen LogP contribution in [0.3, 0.4) is 0 Å². The molecule has 7 heteroatoms. The quantitative estimate of drug-likeness (QED) is 0.867. The van der Waals surface area contributed by atoms with Crippen molar-refractivity contribution in [3.8, 4) is 0 Å². The molecular formula is C14H15N5O2. The second-order valence-electron chi connectivity index (χ2n) is 4.95. The minimum absolute atomic E-state index is 0.173. The Kier molecular flexibility index (Phi) is 3.17. The molecule has 2 amide bonds. The van der Waals surface area contributed by atoms with Crippen LogP contribution in [0.1, 0.15) is 24.2 Å². The third-order valence-corrected chi connectivity index (χ3v) is 3.54. The highest BCUT2D eigenvalue weighted by atomic mass is 16.2. The highest BCUT2D eigenvalue weighted by Gasteiger charge is 2.19. The summed E-state index contributed by atoms with van der Waals surface area (Å²) in [5.74, 6) is -0.491. The summed E-state index contributed by atoms with van der Waals surface area (Å²) in [6.45, 7) is 3.90. The summed E-state index contributed by atoms with van der Waals surface area (Å²) < 4.78 is 1.93. The van der Waals surface area contributed by atoms with Crippen molar-refractivity contribution in [3.63, 3.8) is 0 Å². The molecule has 7 nitrogen and oxygen atoms in total. The van der Waals surface area contributed by atoms with Gasteiger partial charge in [0.25, 0.3) is 5.91 Å². The van der Waals surface area contributed by atoms with Crippen LogP contribution in [0.5, 0.6) is 0 Å². The van der Waals surface area contributed by atoms with Crippen molar-refractivity contribution >= 4 is 28.9 Å². The fourth-order valence-electron chi connectivity index (χ4n) is 2.23. The van der Waals surface area contributed by atoms with Crippen LogP contribution in [0.2, 0.25) is 0 Å². The average Bonchev–Trinajstić information content (AvgIpc) is 2.77. The van der Waals surface area contributed by atoms with Crippen molar-refractivity contribution in [1.82, 2.24) is 14.8 Å². The largest absolute Gasteiger partial charge is 0.318 e. The average molecular weight is 285 g/mol. The first-order valence-corrected chi connectivity index (χ1v) is 6.67. The van der Waals surface area contributed by atoms with Crippen LogP contribution in [0, 0.1) is 13.8 Å². The fourth-order valence-corrected chi connectivity index (χ4v) is 2.23. The minimum Gasteiger partial charge on any atom is -0.318 e. The Balaban J connectivity index is 1.90. The molecule has 3 rings (SSSR count). The van der Waals surface area contributed by atoms with Crippen LogP contribution in [0.4, 0.5) is 5.69 Å². The Morgan fingerprint density at radius 3 is 2.90 bits per heavy atom. The van der Waals surface area contributed by atoms with Crippen molar-refractivity contribution < 1.29 is 9.59 Å². The first-order chi connectivity index (χ1) is 10.1. The second kappa shape index (κ2) is 5.01. The van der Waals surface area contributed by atoms with Gasteiger partial charge in [0.1, 0.15) is 5.71 Å². The molecule has 0 unspecified atom stereocenters. The van der Waals surface area contributed by atoms with Gasteiger partial charge in [-0.25, -0.2) is 10.4 Å². The van der Waals surface area contributed by atoms with E-state index in [4.69, 9.17) is 0 Å². The van der Waals surface area contributed by atoms with Gasteiger partial charge in [0.15, 0.2) is 5.65 Å². The topological polar surface area (TPSA) is 87.9 Å². The lowest BCUT2D eigenvalue weighted by molar-refractivity contribution is -0.121. The molecular weight excluding hydrogens is 270 g/mol. The van der Waals surface area contributed by atoms with Gasteiger partial charge in [-0.05, 0) is 26.0 Å². The number of amides is 2. The smallest absolute Gasteiger partial charge is 0.271 e. The number of imidazole rings is 1. The zero-order chi connectivity index (χ0) is 15.0. The summed E-state index contributed by atoms with van der Waals surface area (Å²) in [6.07, 6.45) is 2.52. The van der Waals surface area contributed by atoms with Crippen LogP contribution in [0.25, 0.3) is 5.65 Å². The molecule has 0 saturated carbocycles. The van der Waals surface area contributed by atoms with Crippen molar-refractivity contribution in [2.24, 2.45) is 5.10 Å². The highest BCUT2D eigenvalue weighted by molar-refractivity contribution is 6.43. The molecule has 0 spiro atoms. The van der Waals surface area contributed by atoms with Gasteiger partial charge >= 0.3 is 0 Å². The molecule has 0 radical (unpaired) electrons. The Labute approximate surface area is 121 Å². The number of nitrogens with zero attached hydrogens (tertiary/aromatic N) is 3. The molecule has 3 heterocycles. The fraction of sp³-hybridized carbons (Fsp3) is 0.286. The Hall–Kier alpha value is -2.70. The third kappa shape index (κ3) is 2.37. The summed E-state index contributed by atoms with van der Waals surface area (Å²) in [6, 6.07) is 3.64. The summed E-state index contributed by atoms with van der Waals surface area (Å²) in [5, 5.41) is 6.59. The molecule has 0 fully saturated rings. The first kappa shape index (κ1) is 13.3. The number of anilines is 1. The second-order valence-corrected chi connectivity index (χ2v) is 4.95.